The predicted octanol–water partition coefficient (Wildman–Crippen LogP) is 3.13. The maximum atomic E-state index is 13.2. The fourth-order valence-electron chi connectivity index (χ4n) is 1.60. The van der Waals surface area contributed by atoms with E-state index >= 15 is 0 Å². The molecule has 0 amide bonds. The van der Waals surface area contributed by atoms with E-state index in [-0.39, 0.29) is 11.4 Å². The topological polar surface area (TPSA) is 70.2 Å². The summed E-state index contributed by atoms with van der Waals surface area (Å²) in [7, 11) is 0. The van der Waals surface area contributed by atoms with Crippen LogP contribution in [0.2, 0.25) is 0 Å². The van der Waals surface area contributed by atoms with Crippen LogP contribution in [0.5, 0.6) is 11.5 Å². The molecule has 7 heteroatoms. The molecule has 0 N–H and O–H groups in total. The van der Waals surface area contributed by atoms with Gasteiger partial charge in [-0.3, -0.25) is 14.8 Å². The second kappa shape index (κ2) is 5.47. The number of benzene rings is 1. The summed E-state index contributed by atoms with van der Waals surface area (Å²) < 4.78 is 20.2. The lowest BCUT2D eigenvalue weighted by Gasteiger charge is -2.02. The third-order valence-corrected chi connectivity index (χ3v) is 2.36. The van der Waals surface area contributed by atoms with Crippen molar-refractivity contribution in [3.8, 4) is 11.5 Å². The average Bonchev–Trinajstić information content (AvgIpc) is 2.76. The first-order valence-electron chi connectivity index (χ1n) is 5.74. The number of aryl methyl sites for hydroxylation is 1. The van der Waals surface area contributed by atoms with Crippen molar-refractivity contribution in [2.45, 2.75) is 19.9 Å². The number of non-ortho nitro benzene ring substituents is 1. The van der Waals surface area contributed by atoms with Gasteiger partial charge in [0.05, 0.1) is 29.4 Å². The molecule has 2 rings (SSSR count). The molecule has 2 aromatic rings. The Balaban J connectivity index is 2.19. The molecule has 100 valence electrons. The van der Waals surface area contributed by atoms with Gasteiger partial charge in [-0.15, -0.1) is 0 Å². The molecule has 0 unspecified atom stereocenters. The van der Waals surface area contributed by atoms with Gasteiger partial charge in [-0.2, -0.15) is 5.10 Å². The van der Waals surface area contributed by atoms with Crippen LogP contribution < -0.4 is 4.74 Å². The standard InChI is InChI=1S/C12H12FN3O3/c1-2-3-15-8-12(7-14-15)19-11-5-9(13)4-10(6-11)16(17)18/h4-8H,2-3H2,1H3. The Kier molecular flexibility index (Phi) is 3.74. The molecular formula is C12H12FN3O3. The first-order chi connectivity index (χ1) is 9.08. The normalized spacial score (nSPS) is 10.4. The Hall–Kier alpha value is -2.44. The number of nitrogens with zero attached hydrogens (tertiary/aromatic N) is 3. The van der Waals surface area contributed by atoms with Crippen LogP contribution in [0.25, 0.3) is 0 Å². The molecule has 0 fully saturated rings. The van der Waals surface area contributed by atoms with E-state index in [1.165, 1.54) is 12.3 Å². The zero-order valence-corrected chi connectivity index (χ0v) is 10.2. The molecule has 0 radical (unpaired) electrons. The SMILES string of the molecule is CCCn1cc(Oc2cc(F)cc([N+](=O)[O-])c2)cn1. The molecule has 0 atom stereocenters. The summed E-state index contributed by atoms with van der Waals surface area (Å²) >= 11 is 0. The minimum absolute atomic E-state index is 0.0720. The highest BCUT2D eigenvalue weighted by Gasteiger charge is 2.11. The molecule has 0 bridgehead atoms. The summed E-state index contributed by atoms with van der Waals surface area (Å²) in [6.07, 6.45) is 4.05. The van der Waals surface area contributed by atoms with Crippen molar-refractivity contribution >= 4 is 5.69 Å². The Morgan fingerprint density at radius 3 is 2.89 bits per heavy atom. The van der Waals surface area contributed by atoms with Gasteiger partial charge in [-0.25, -0.2) is 4.39 Å². The van der Waals surface area contributed by atoms with Crippen LogP contribution in [0.1, 0.15) is 13.3 Å². The van der Waals surface area contributed by atoms with E-state index in [1.807, 2.05) is 6.92 Å². The third-order valence-electron chi connectivity index (χ3n) is 2.36. The van der Waals surface area contributed by atoms with E-state index in [0.29, 0.717) is 5.75 Å². The van der Waals surface area contributed by atoms with E-state index in [4.69, 9.17) is 4.74 Å². The molecule has 1 aromatic carbocycles. The van der Waals surface area contributed by atoms with Crippen LogP contribution in [0.3, 0.4) is 0 Å². The zero-order chi connectivity index (χ0) is 13.8. The minimum atomic E-state index is -0.717. The van der Waals surface area contributed by atoms with Crippen molar-refractivity contribution in [2.24, 2.45) is 0 Å². The second-order valence-electron chi connectivity index (χ2n) is 3.94. The molecule has 1 heterocycles. The lowest BCUT2D eigenvalue weighted by molar-refractivity contribution is -0.385. The van der Waals surface area contributed by atoms with E-state index in [1.54, 1.807) is 10.9 Å². The maximum Gasteiger partial charge on any atom is 0.276 e. The highest BCUT2D eigenvalue weighted by atomic mass is 19.1. The van der Waals surface area contributed by atoms with Crippen molar-refractivity contribution in [3.63, 3.8) is 0 Å². The van der Waals surface area contributed by atoms with Crippen molar-refractivity contribution in [2.75, 3.05) is 0 Å². The van der Waals surface area contributed by atoms with Gasteiger partial charge in [0.1, 0.15) is 11.6 Å². The average molecular weight is 265 g/mol. The van der Waals surface area contributed by atoms with Gasteiger partial charge in [-0.1, -0.05) is 6.92 Å². The molecule has 0 spiro atoms. The van der Waals surface area contributed by atoms with E-state index in [9.17, 15) is 14.5 Å². The molecule has 0 aliphatic heterocycles. The van der Waals surface area contributed by atoms with E-state index < -0.39 is 10.7 Å². The Morgan fingerprint density at radius 2 is 2.21 bits per heavy atom. The smallest absolute Gasteiger partial charge is 0.276 e. The van der Waals surface area contributed by atoms with Crippen molar-refractivity contribution in [1.82, 2.24) is 9.78 Å². The fourth-order valence-corrected chi connectivity index (χ4v) is 1.60. The minimum Gasteiger partial charge on any atom is -0.454 e. The molecule has 19 heavy (non-hydrogen) atoms. The molecule has 0 saturated carbocycles. The first-order valence-corrected chi connectivity index (χ1v) is 5.74. The first kappa shape index (κ1) is 13.0. The van der Waals surface area contributed by atoms with Gasteiger partial charge in [0, 0.05) is 12.6 Å². The van der Waals surface area contributed by atoms with Gasteiger partial charge in [0.25, 0.3) is 5.69 Å². The Morgan fingerprint density at radius 1 is 1.42 bits per heavy atom. The van der Waals surface area contributed by atoms with Crippen LogP contribution in [-0.2, 0) is 6.54 Å². The Labute approximate surface area is 108 Å². The van der Waals surface area contributed by atoms with Crippen LogP contribution >= 0.6 is 0 Å². The van der Waals surface area contributed by atoms with Gasteiger partial charge < -0.3 is 4.74 Å². The van der Waals surface area contributed by atoms with Gasteiger partial charge in [-0.05, 0) is 6.42 Å². The van der Waals surface area contributed by atoms with Crippen LogP contribution in [0.4, 0.5) is 10.1 Å². The van der Waals surface area contributed by atoms with E-state index in [0.717, 1.165) is 25.1 Å². The van der Waals surface area contributed by atoms with Gasteiger partial charge in [0.2, 0.25) is 0 Å². The van der Waals surface area contributed by atoms with Crippen LogP contribution in [0.15, 0.2) is 30.6 Å². The lowest BCUT2D eigenvalue weighted by atomic mass is 10.3. The predicted molar refractivity (Wildman–Crippen MR) is 65.6 cm³/mol. The highest BCUT2D eigenvalue weighted by molar-refractivity contribution is 5.40. The summed E-state index contributed by atoms with van der Waals surface area (Å²) in [6.45, 7) is 2.75. The van der Waals surface area contributed by atoms with Crippen molar-refractivity contribution < 1.29 is 14.1 Å². The number of ether oxygens (including phenoxy) is 1. The van der Waals surface area contributed by atoms with Crippen molar-refractivity contribution in [1.29, 1.82) is 0 Å². The molecular weight excluding hydrogens is 253 g/mol. The molecule has 1 aromatic heterocycles. The number of nitro benzene ring substituents is 1. The number of halogens is 1. The number of nitro groups is 1. The fraction of sp³-hybridized carbons (Fsp3) is 0.250. The molecule has 6 nitrogen and oxygen atoms in total. The summed E-state index contributed by atoms with van der Waals surface area (Å²) in [5, 5.41) is 14.7. The number of hydrogen-bond donors (Lipinski definition) is 0. The van der Waals surface area contributed by atoms with E-state index in [2.05, 4.69) is 5.10 Å². The summed E-state index contributed by atoms with van der Waals surface area (Å²) in [5.41, 5.74) is -0.351. The van der Waals surface area contributed by atoms with Gasteiger partial charge >= 0.3 is 0 Å². The highest BCUT2D eigenvalue weighted by Crippen LogP contribution is 2.26. The van der Waals surface area contributed by atoms with Crippen LogP contribution in [-0.4, -0.2) is 14.7 Å². The zero-order valence-electron chi connectivity index (χ0n) is 10.2. The molecule has 0 aliphatic rings. The lowest BCUT2D eigenvalue weighted by Crippen LogP contribution is -1.95. The third kappa shape index (κ3) is 3.27. The number of aromatic nitrogens is 2. The maximum absolute atomic E-state index is 13.2. The molecule has 0 aliphatic carbocycles. The summed E-state index contributed by atoms with van der Waals surface area (Å²) in [5.74, 6) is -0.235. The van der Waals surface area contributed by atoms with Crippen molar-refractivity contribution in [3.05, 3.63) is 46.5 Å². The largest absolute Gasteiger partial charge is 0.454 e. The summed E-state index contributed by atoms with van der Waals surface area (Å²) in [6, 6.07) is 3.10. The Bertz CT molecular complexity index is 598. The number of rotatable bonds is 5. The monoisotopic (exact) mass is 265 g/mol. The summed E-state index contributed by atoms with van der Waals surface area (Å²) in [4.78, 5) is 9.94. The van der Waals surface area contributed by atoms with Crippen LogP contribution in [0, 0.1) is 15.9 Å². The molecule has 0 saturated heterocycles. The quantitative estimate of drug-likeness (QED) is 0.615. The second-order valence-corrected chi connectivity index (χ2v) is 3.94. The number of hydrogen-bond acceptors (Lipinski definition) is 4. The van der Waals surface area contributed by atoms with Gasteiger partial charge in [0.15, 0.2) is 5.75 Å².